The van der Waals surface area contributed by atoms with E-state index < -0.39 is 0 Å². The van der Waals surface area contributed by atoms with Crippen LogP contribution >= 0.6 is 0 Å². The lowest BCUT2D eigenvalue weighted by molar-refractivity contribution is -0.118. The fraction of sp³-hybridized carbons (Fsp3) is 0.667. The van der Waals surface area contributed by atoms with Crippen molar-refractivity contribution < 1.29 is 6.17 Å². The average Bonchev–Trinajstić information content (AvgIpc) is 1.35. The summed E-state index contributed by atoms with van der Waals surface area (Å²) in [5.74, 6) is -0.148. The minimum absolute atomic E-state index is 0.0185. The van der Waals surface area contributed by atoms with E-state index >= 15 is 0 Å². The number of hydrogen-bond donors (Lipinski definition) is 1. The first kappa shape index (κ1) is 2.69. The third kappa shape index (κ3) is 3.47. The summed E-state index contributed by atoms with van der Waals surface area (Å²) in [5, 5.41) is 2.24. The van der Waals surface area contributed by atoms with Gasteiger partial charge >= 0.3 is 0 Å². The number of amides is 1. The maximum atomic E-state index is 9.81. The minimum Gasteiger partial charge on any atom is -0.359 e. The molecule has 5 heavy (non-hydrogen) atoms. The largest absolute Gasteiger partial charge is 0.359 e. The van der Waals surface area contributed by atoms with Gasteiger partial charge in [0.15, 0.2) is 0 Å². The van der Waals surface area contributed by atoms with Crippen molar-refractivity contribution >= 4 is 5.91 Å². The summed E-state index contributed by atoms with van der Waals surface area (Å²) >= 11 is 0. The maximum absolute atomic E-state index is 9.81. The van der Waals surface area contributed by atoms with Crippen molar-refractivity contribution in [3.63, 3.8) is 0 Å². The van der Waals surface area contributed by atoms with Crippen LogP contribution in [0.4, 0.5) is 0 Å². The Morgan fingerprint density at radius 3 is 2.80 bits per heavy atom. The molecular formula is C3H7NO. The smallest absolute Gasteiger partial charge is 0.216 e. The third-order valence-electron chi connectivity index (χ3n) is 0.249. The lowest BCUT2D eigenvalue weighted by Crippen LogP contribution is -2.11. The highest BCUT2D eigenvalue weighted by molar-refractivity contribution is 5.72. The van der Waals surface area contributed by atoms with Crippen LogP contribution in [-0.4, -0.2) is 12.9 Å². The van der Waals surface area contributed by atoms with E-state index in [1.807, 2.05) is 0 Å². The normalized spacial score (nSPS) is 9.40. The number of rotatable bonds is 0. The van der Waals surface area contributed by atoms with E-state index in [0.29, 0.717) is 0 Å². The van der Waals surface area contributed by atoms with Gasteiger partial charge in [-0.1, -0.05) is 0 Å². The molecule has 0 radical (unpaired) electrons. The highest BCUT2D eigenvalue weighted by Crippen LogP contribution is 1.45. The minimum atomic E-state index is -0.148. The van der Waals surface area contributed by atoms with E-state index in [1.165, 1.54) is 6.92 Å². The van der Waals surface area contributed by atoms with Gasteiger partial charge in [0.1, 0.15) is 0 Å². The molecule has 30 valence electrons. The van der Waals surface area contributed by atoms with Crippen molar-refractivity contribution in [3.8, 4) is 0 Å². The third-order valence-corrected chi connectivity index (χ3v) is 0.249. The second-order valence-corrected chi connectivity index (χ2v) is 0.733. The van der Waals surface area contributed by atoms with Gasteiger partial charge in [0, 0.05) is 15.3 Å². The van der Waals surface area contributed by atoms with Gasteiger partial charge in [-0.25, -0.2) is 0 Å². The van der Waals surface area contributed by atoms with E-state index in [4.69, 9.17) is 1.37 Å². The highest BCUT2D eigenvalue weighted by Gasteiger charge is 1.72. The Labute approximate surface area is 32.6 Å². The molecule has 0 aliphatic carbocycles. The van der Waals surface area contributed by atoms with Crippen LogP contribution in [0.1, 0.15) is 8.29 Å². The Bertz CT molecular complexity index is 54.8. The Balaban J connectivity index is 2.83. The van der Waals surface area contributed by atoms with E-state index in [1.54, 1.807) is 0 Å². The first-order valence-electron chi connectivity index (χ1n) is 2.01. The molecule has 2 heteroatoms. The van der Waals surface area contributed by atoms with Gasteiger partial charge in [0.05, 0.1) is 0 Å². The molecule has 0 fully saturated rings. The van der Waals surface area contributed by atoms with Crippen LogP contribution in [0.3, 0.4) is 0 Å². The quantitative estimate of drug-likeness (QED) is 0.422. The van der Waals surface area contributed by atoms with Crippen LogP contribution in [0, 0.1) is 0 Å². The molecule has 2 nitrogen and oxygen atoms in total. The summed E-state index contributed by atoms with van der Waals surface area (Å²) in [7, 11) is -0.0185. The Morgan fingerprint density at radius 2 is 2.80 bits per heavy atom. The summed E-state index contributed by atoms with van der Waals surface area (Å²) in [6.07, 6.45) is 0. The zero-order valence-electron chi connectivity index (χ0n) is 4.12. The number of nitrogens with one attached hydrogen (secondary N) is 1. The molecule has 0 saturated heterocycles. The van der Waals surface area contributed by atoms with E-state index in [9.17, 15) is 4.79 Å². The molecule has 0 saturated carbocycles. The Morgan fingerprint density at radius 1 is 2.20 bits per heavy atom. The number of hydrogen-bond acceptors (Lipinski definition) is 1. The van der Waals surface area contributed by atoms with Gasteiger partial charge in [0.2, 0.25) is 5.91 Å². The summed E-state index contributed by atoms with van der Waals surface area (Å²) in [6.45, 7) is 1.38. The van der Waals surface area contributed by atoms with Crippen molar-refractivity contribution in [2.24, 2.45) is 0 Å². The van der Waals surface area contributed by atoms with E-state index in [0.717, 1.165) is 0 Å². The van der Waals surface area contributed by atoms with Gasteiger partial charge in [-0.15, -0.1) is 0 Å². The van der Waals surface area contributed by atoms with Crippen molar-refractivity contribution in [1.82, 2.24) is 5.32 Å². The molecule has 0 rings (SSSR count). The molecule has 0 unspecified atom stereocenters. The topological polar surface area (TPSA) is 29.1 Å². The molecule has 0 aromatic heterocycles. The summed E-state index contributed by atoms with van der Waals surface area (Å²) in [4.78, 5) is 9.81. The highest BCUT2D eigenvalue weighted by atomic mass is 16.1. The van der Waals surface area contributed by atoms with Crippen LogP contribution in [0.25, 0.3) is 0 Å². The molecule has 0 bridgehead atoms. The molecule has 0 aromatic carbocycles. The molecule has 1 N–H and O–H groups in total. The molecule has 0 heterocycles. The first-order chi connectivity index (χ1) is 2.77. The van der Waals surface area contributed by atoms with Crippen LogP contribution in [0.15, 0.2) is 0 Å². The van der Waals surface area contributed by atoms with Gasteiger partial charge in [0.25, 0.3) is 0 Å². The first-order valence-corrected chi connectivity index (χ1v) is 1.31. The predicted molar refractivity (Wildman–Crippen MR) is 19.7 cm³/mol. The molecule has 1 amide bonds. The lowest BCUT2D eigenvalue weighted by Gasteiger charge is -1.80. The predicted octanol–water partition coefficient (Wildman–Crippen LogP) is -0.248. The zero-order valence-corrected chi connectivity index (χ0v) is 3.12. The van der Waals surface area contributed by atoms with Crippen LogP contribution < -0.4 is 5.32 Å². The molecule has 0 aliphatic heterocycles. The molecular weight excluding hydrogens is 66.0 g/mol. The van der Waals surface area contributed by atoms with E-state index in [2.05, 4.69) is 5.32 Å². The maximum Gasteiger partial charge on any atom is 0.216 e. The zero-order chi connectivity index (χ0) is 4.99. The Hall–Kier alpha value is -0.530. The van der Waals surface area contributed by atoms with Crippen molar-refractivity contribution in [3.05, 3.63) is 0 Å². The standard InChI is InChI=1S/C3H7NO/c1-3(5)4-2/h1-2H3,(H,4,5)/i2T. The number of carbonyl (C=O) groups is 1. The lowest BCUT2D eigenvalue weighted by atomic mass is 10.7. The Kier molecular flexibility index (Phi) is 0.947. The SMILES string of the molecule is [3H]CNC(C)=O. The molecule has 0 spiro atoms. The fourth-order valence-electron chi connectivity index (χ4n) is 0. The van der Waals surface area contributed by atoms with Gasteiger partial charge in [-0.05, 0) is 0 Å². The molecule has 0 aromatic rings. The van der Waals surface area contributed by atoms with Crippen molar-refractivity contribution in [1.29, 1.82) is 0 Å². The van der Waals surface area contributed by atoms with Crippen molar-refractivity contribution in [2.45, 2.75) is 6.92 Å². The van der Waals surface area contributed by atoms with Crippen LogP contribution in [-0.2, 0) is 4.79 Å². The van der Waals surface area contributed by atoms with Crippen LogP contribution in [0.2, 0.25) is 0 Å². The monoisotopic (exact) mass is 75.1 g/mol. The second kappa shape index (κ2) is 1.76. The second-order valence-electron chi connectivity index (χ2n) is 0.733. The fourth-order valence-corrected chi connectivity index (χ4v) is 0. The number of carbonyl (C=O) groups excluding carboxylic acids is 1. The van der Waals surface area contributed by atoms with Gasteiger partial charge in [-0.3, -0.25) is 4.79 Å². The molecule has 0 atom stereocenters. The van der Waals surface area contributed by atoms with E-state index in [-0.39, 0.29) is 12.9 Å². The molecule has 0 aliphatic rings. The summed E-state index contributed by atoms with van der Waals surface area (Å²) in [5.41, 5.74) is 0. The van der Waals surface area contributed by atoms with Gasteiger partial charge < -0.3 is 5.32 Å². The van der Waals surface area contributed by atoms with Crippen LogP contribution in [0.5, 0.6) is 0 Å². The summed E-state index contributed by atoms with van der Waals surface area (Å²) in [6, 6.07) is 0. The van der Waals surface area contributed by atoms with Gasteiger partial charge in [-0.2, -0.15) is 0 Å². The average molecular weight is 75.1 g/mol. The van der Waals surface area contributed by atoms with Crippen molar-refractivity contribution in [2.75, 3.05) is 7.02 Å². The summed E-state index contributed by atoms with van der Waals surface area (Å²) < 4.78 is 6.40.